The molecule has 0 aliphatic rings. The molecule has 1 aromatic carbocycles. The Morgan fingerprint density at radius 3 is 2.67 bits per heavy atom. The molecule has 1 aromatic rings. The van der Waals surface area contributed by atoms with Crippen molar-refractivity contribution in [3.8, 4) is 0 Å². The van der Waals surface area contributed by atoms with Gasteiger partial charge in [0.05, 0.1) is 6.61 Å². The Morgan fingerprint density at radius 2 is 2.14 bits per heavy atom. The highest BCUT2D eigenvalue weighted by atomic mass is 32.2. The van der Waals surface area contributed by atoms with Crippen LogP contribution in [-0.2, 0) is 26.1 Å². The summed E-state index contributed by atoms with van der Waals surface area (Å²) in [5, 5.41) is 0. The number of halogens is 1. The molecule has 6 nitrogen and oxygen atoms in total. The van der Waals surface area contributed by atoms with Gasteiger partial charge in [0.25, 0.3) is 0 Å². The van der Waals surface area contributed by atoms with Crippen molar-refractivity contribution in [2.45, 2.75) is 13.5 Å². The number of sulfonamides is 1. The van der Waals surface area contributed by atoms with Crippen LogP contribution >= 0.6 is 12.2 Å². The van der Waals surface area contributed by atoms with Crippen molar-refractivity contribution < 1.29 is 22.3 Å². The second-order valence-electron chi connectivity index (χ2n) is 4.06. The number of rotatable bonds is 7. The first kappa shape index (κ1) is 17.5. The van der Waals surface area contributed by atoms with E-state index in [2.05, 4.69) is 9.46 Å². The molecule has 116 valence electrons. The van der Waals surface area contributed by atoms with Crippen LogP contribution in [0.25, 0.3) is 0 Å². The molecular weight excluding hydrogens is 319 g/mol. The average molecular weight is 334 g/mol. The van der Waals surface area contributed by atoms with Crippen molar-refractivity contribution in [2.75, 3.05) is 12.4 Å². The van der Waals surface area contributed by atoms with Gasteiger partial charge in [-0.2, -0.15) is 0 Å². The van der Waals surface area contributed by atoms with Crippen LogP contribution in [0.15, 0.2) is 18.2 Å². The predicted molar refractivity (Wildman–Crippen MR) is 79.5 cm³/mol. The molecule has 0 fully saturated rings. The maximum atomic E-state index is 13.7. The van der Waals surface area contributed by atoms with Gasteiger partial charge < -0.3 is 10.5 Å². The van der Waals surface area contributed by atoms with E-state index in [0.29, 0.717) is 5.56 Å². The third kappa shape index (κ3) is 5.74. The topological polar surface area (TPSA) is 98.5 Å². The lowest BCUT2D eigenvalue weighted by atomic mass is 10.1. The molecule has 9 heteroatoms. The Kier molecular flexibility index (Phi) is 6.19. The second kappa shape index (κ2) is 7.43. The minimum atomic E-state index is -3.89. The number of nitrogens with two attached hydrogens (primary N) is 1. The summed E-state index contributed by atoms with van der Waals surface area (Å²) in [6.07, 6.45) is 0. The Labute approximate surface area is 127 Å². The SMILES string of the molecule is CCOC(=O)CS(=O)(=O)NCc1ccc(C(N)=S)cc1F. The summed E-state index contributed by atoms with van der Waals surface area (Å²) in [6, 6.07) is 3.98. The zero-order valence-corrected chi connectivity index (χ0v) is 12.9. The fourth-order valence-electron chi connectivity index (χ4n) is 1.44. The van der Waals surface area contributed by atoms with E-state index in [0.717, 1.165) is 6.07 Å². The fourth-order valence-corrected chi connectivity index (χ4v) is 2.44. The highest BCUT2D eigenvalue weighted by molar-refractivity contribution is 7.90. The number of hydrogen-bond acceptors (Lipinski definition) is 5. The van der Waals surface area contributed by atoms with Crippen molar-refractivity contribution >= 4 is 33.2 Å². The second-order valence-corrected chi connectivity index (χ2v) is 6.30. The summed E-state index contributed by atoms with van der Waals surface area (Å²) in [5.41, 5.74) is 5.82. The molecule has 0 bridgehead atoms. The molecule has 0 radical (unpaired) electrons. The van der Waals surface area contributed by atoms with E-state index in [9.17, 15) is 17.6 Å². The predicted octanol–water partition coefficient (Wildman–Crippen LogP) is 0.442. The highest BCUT2D eigenvalue weighted by Gasteiger charge is 2.17. The third-order valence-corrected chi connectivity index (χ3v) is 3.87. The molecule has 0 saturated heterocycles. The Balaban J connectivity index is 2.70. The van der Waals surface area contributed by atoms with Gasteiger partial charge in [-0.25, -0.2) is 17.5 Å². The molecule has 0 atom stereocenters. The van der Waals surface area contributed by atoms with E-state index < -0.39 is 27.6 Å². The van der Waals surface area contributed by atoms with Gasteiger partial charge in [-0.3, -0.25) is 4.79 Å². The number of nitrogens with one attached hydrogen (secondary N) is 1. The zero-order valence-electron chi connectivity index (χ0n) is 11.3. The molecule has 21 heavy (non-hydrogen) atoms. The van der Waals surface area contributed by atoms with Gasteiger partial charge in [-0.1, -0.05) is 24.4 Å². The van der Waals surface area contributed by atoms with Crippen LogP contribution in [-0.4, -0.2) is 31.7 Å². The van der Waals surface area contributed by atoms with Gasteiger partial charge >= 0.3 is 5.97 Å². The molecule has 0 amide bonds. The third-order valence-electron chi connectivity index (χ3n) is 2.43. The summed E-state index contributed by atoms with van der Waals surface area (Å²) in [7, 11) is -3.89. The Hall–Kier alpha value is -1.58. The first-order valence-corrected chi connectivity index (χ1v) is 8.02. The summed E-state index contributed by atoms with van der Waals surface area (Å²) in [5.74, 6) is -2.32. The Morgan fingerprint density at radius 1 is 1.48 bits per heavy atom. The van der Waals surface area contributed by atoms with Gasteiger partial charge in [-0.05, 0) is 13.0 Å². The Bertz CT molecular complexity index is 647. The summed E-state index contributed by atoms with van der Waals surface area (Å²) in [4.78, 5) is 11.2. The highest BCUT2D eigenvalue weighted by Crippen LogP contribution is 2.11. The number of esters is 1. The minimum absolute atomic E-state index is 0.0448. The van der Waals surface area contributed by atoms with Crippen molar-refractivity contribution in [1.82, 2.24) is 4.72 Å². The summed E-state index contributed by atoms with van der Waals surface area (Å²) >= 11 is 4.71. The van der Waals surface area contributed by atoms with E-state index in [1.165, 1.54) is 12.1 Å². The van der Waals surface area contributed by atoms with Gasteiger partial charge in [0.15, 0.2) is 5.75 Å². The lowest BCUT2D eigenvalue weighted by molar-refractivity contribution is -0.139. The molecule has 1 rings (SSSR count). The lowest BCUT2D eigenvalue weighted by Crippen LogP contribution is -2.31. The standard InChI is InChI=1S/C12H15FN2O4S2/c1-2-19-11(16)7-21(17,18)15-6-9-4-3-8(12(14)20)5-10(9)13/h3-5,15H,2,6-7H2,1H3,(H2,14,20). The van der Waals surface area contributed by atoms with Crippen LogP contribution in [0.3, 0.4) is 0 Å². The van der Waals surface area contributed by atoms with Crippen LogP contribution in [0, 0.1) is 5.82 Å². The number of ether oxygens (including phenoxy) is 1. The largest absolute Gasteiger partial charge is 0.465 e. The van der Waals surface area contributed by atoms with E-state index in [4.69, 9.17) is 18.0 Å². The molecule has 0 aliphatic carbocycles. The van der Waals surface area contributed by atoms with E-state index >= 15 is 0 Å². The molecule has 0 aliphatic heterocycles. The lowest BCUT2D eigenvalue weighted by Gasteiger charge is -2.08. The van der Waals surface area contributed by atoms with Crippen molar-refractivity contribution in [3.63, 3.8) is 0 Å². The first-order chi connectivity index (χ1) is 9.75. The van der Waals surface area contributed by atoms with E-state index in [1.807, 2.05) is 0 Å². The quantitative estimate of drug-likeness (QED) is 0.555. The summed E-state index contributed by atoms with van der Waals surface area (Å²) in [6.45, 7) is 1.37. The van der Waals surface area contributed by atoms with Crippen LogP contribution < -0.4 is 10.5 Å². The number of thiocarbonyl (C=S) groups is 1. The van der Waals surface area contributed by atoms with E-state index in [1.54, 1.807) is 6.92 Å². The average Bonchev–Trinajstić information content (AvgIpc) is 2.36. The monoisotopic (exact) mass is 334 g/mol. The fraction of sp³-hybridized carbons (Fsp3) is 0.333. The minimum Gasteiger partial charge on any atom is -0.465 e. The molecule has 0 heterocycles. The van der Waals surface area contributed by atoms with Crippen LogP contribution in [0.2, 0.25) is 0 Å². The van der Waals surface area contributed by atoms with Crippen LogP contribution in [0.4, 0.5) is 4.39 Å². The molecule has 0 saturated carbocycles. The number of benzene rings is 1. The van der Waals surface area contributed by atoms with Crippen LogP contribution in [0.5, 0.6) is 0 Å². The maximum absolute atomic E-state index is 13.7. The van der Waals surface area contributed by atoms with Gasteiger partial charge in [-0.15, -0.1) is 0 Å². The molecular formula is C12H15FN2O4S2. The number of hydrogen-bond donors (Lipinski definition) is 2. The maximum Gasteiger partial charge on any atom is 0.322 e. The molecule has 0 spiro atoms. The smallest absolute Gasteiger partial charge is 0.322 e. The first-order valence-electron chi connectivity index (χ1n) is 5.96. The van der Waals surface area contributed by atoms with Crippen LogP contribution in [0.1, 0.15) is 18.1 Å². The van der Waals surface area contributed by atoms with Crippen molar-refractivity contribution in [2.24, 2.45) is 5.73 Å². The normalized spacial score (nSPS) is 11.1. The molecule has 0 unspecified atom stereocenters. The van der Waals surface area contributed by atoms with Gasteiger partial charge in [0.2, 0.25) is 10.0 Å². The summed E-state index contributed by atoms with van der Waals surface area (Å²) < 4.78 is 43.6. The van der Waals surface area contributed by atoms with E-state index in [-0.39, 0.29) is 23.7 Å². The zero-order chi connectivity index (χ0) is 16.0. The molecule has 3 N–H and O–H groups in total. The van der Waals surface area contributed by atoms with Crippen molar-refractivity contribution in [3.05, 3.63) is 35.1 Å². The van der Waals surface area contributed by atoms with Gasteiger partial charge in [0, 0.05) is 17.7 Å². The molecule has 0 aromatic heterocycles. The van der Waals surface area contributed by atoms with Crippen molar-refractivity contribution in [1.29, 1.82) is 0 Å². The number of carbonyl (C=O) groups is 1. The van der Waals surface area contributed by atoms with Gasteiger partial charge in [0.1, 0.15) is 10.8 Å². The number of carbonyl (C=O) groups excluding carboxylic acids is 1.